The Balaban J connectivity index is 2.24. The number of sulfone groups is 1. The Morgan fingerprint density at radius 2 is 2.06 bits per heavy atom. The van der Waals surface area contributed by atoms with Crippen LogP contribution in [-0.2, 0) is 16.4 Å². The van der Waals surface area contributed by atoms with Crippen LogP contribution in [0.5, 0.6) is 0 Å². The molecule has 0 aliphatic carbocycles. The fraction of sp³-hybridized carbons (Fsp3) is 0.500. The molecule has 0 saturated carbocycles. The summed E-state index contributed by atoms with van der Waals surface area (Å²) in [6.45, 7) is 0.661. The highest BCUT2D eigenvalue weighted by Gasteiger charge is 2.24. The molecule has 0 spiro atoms. The fourth-order valence-corrected chi connectivity index (χ4v) is 2.97. The Kier molecular flexibility index (Phi) is 3.30. The van der Waals surface area contributed by atoms with Crippen LogP contribution in [0.15, 0.2) is 12.3 Å². The molecule has 0 bridgehead atoms. The maximum Gasteiger partial charge on any atom is 0.170 e. The Bertz CT molecular complexity index is 504. The first kappa shape index (κ1) is 12.3. The second kappa shape index (κ2) is 4.58. The molecule has 5 nitrogen and oxygen atoms in total. The molecule has 94 valence electrons. The molecule has 17 heavy (non-hydrogen) atoms. The van der Waals surface area contributed by atoms with Gasteiger partial charge in [-0.25, -0.2) is 17.8 Å². The van der Waals surface area contributed by atoms with E-state index in [0.29, 0.717) is 5.56 Å². The highest BCUT2D eigenvalue weighted by Crippen LogP contribution is 2.20. The number of hydrogen-bond donors (Lipinski definition) is 1. The quantitative estimate of drug-likeness (QED) is 0.803. The van der Waals surface area contributed by atoms with Crippen LogP contribution in [-0.4, -0.2) is 38.0 Å². The largest absolute Gasteiger partial charge is 0.352 e. The number of halogens is 1. The van der Waals surface area contributed by atoms with Gasteiger partial charge in [-0.2, -0.15) is 0 Å². The molecular formula is C10H14FN3O2S. The monoisotopic (exact) mass is 259 g/mol. The number of aromatic nitrogens is 1. The molecule has 1 aliphatic rings. The third kappa shape index (κ3) is 2.55. The van der Waals surface area contributed by atoms with E-state index >= 15 is 0 Å². The maximum absolute atomic E-state index is 13.9. The van der Waals surface area contributed by atoms with Crippen LogP contribution in [0.1, 0.15) is 5.56 Å². The van der Waals surface area contributed by atoms with Gasteiger partial charge >= 0.3 is 0 Å². The zero-order valence-electron chi connectivity index (χ0n) is 9.26. The van der Waals surface area contributed by atoms with Crippen LogP contribution >= 0.6 is 0 Å². The molecule has 1 aromatic heterocycles. The SMILES string of the molecule is NCc1ccnc(N2CCS(=O)(=O)CC2)c1F. The van der Waals surface area contributed by atoms with E-state index in [4.69, 9.17) is 5.73 Å². The number of anilines is 1. The molecule has 0 unspecified atom stereocenters. The minimum Gasteiger partial charge on any atom is -0.352 e. The lowest BCUT2D eigenvalue weighted by molar-refractivity contribution is 0.575. The van der Waals surface area contributed by atoms with Gasteiger partial charge in [0.25, 0.3) is 0 Å². The first-order chi connectivity index (χ1) is 8.03. The van der Waals surface area contributed by atoms with Crippen LogP contribution in [0.2, 0.25) is 0 Å². The zero-order chi connectivity index (χ0) is 12.5. The normalized spacial score (nSPS) is 19.3. The summed E-state index contributed by atoms with van der Waals surface area (Å²) in [5, 5.41) is 0. The van der Waals surface area contributed by atoms with Crippen molar-refractivity contribution >= 4 is 15.7 Å². The average Bonchev–Trinajstić information content (AvgIpc) is 2.30. The summed E-state index contributed by atoms with van der Waals surface area (Å²) in [4.78, 5) is 5.61. The third-order valence-corrected chi connectivity index (χ3v) is 4.42. The van der Waals surface area contributed by atoms with Crippen LogP contribution < -0.4 is 10.6 Å². The second-order valence-corrected chi connectivity index (χ2v) is 6.25. The number of pyridine rings is 1. The minimum atomic E-state index is -2.97. The van der Waals surface area contributed by atoms with E-state index in [-0.39, 0.29) is 37.0 Å². The molecule has 2 rings (SSSR count). The summed E-state index contributed by atoms with van der Waals surface area (Å²) in [5.74, 6) is -0.167. The lowest BCUT2D eigenvalue weighted by Gasteiger charge is -2.28. The molecule has 2 heterocycles. The Morgan fingerprint density at radius 1 is 1.41 bits per heavy atom. The van der Waals surface area contributed by atoms with Crippen molar-refractivity contribution in [2.24, 2.45) is 5.73 Å². The Morgan fingerprint density at radius 3 is 2.65 bits per heavy atom. The van der Waals surface area contributed by atoms with Crippen molar-refractivity contribution < 1.29 is 12.8 Å². The van der Waals surface area contributed by atoms with Crippen molar-refractivity contribution in [3.63, 3.8) is 0 Å². The van der Waals surface area contributed by atoms with Crippen molar-refractivity contribution in [3.05, 3.63) is 23.6 Å². The van der Waals surface area contributed by atoms with E-state index in [1.54, 1.807) is 4.90 Å². The Hall–Kier alpha value is -1.21. The van der Waals surface area contributed by atoms with Gasteiger partial charge < -0.3 is 10.6 Å². The standard InChI is InChI=1S/C10H14FN3O2S/c11-9-8(7-12)1-2-13-10(9)14-3-5-17(15,16)6-4-14/h1-2H,3-7,12H2. The average molecular weight is 259 g/mol. The predicted octanol–water partition coefficient (Wildman–Crippen LogP) is -0.0858. The predicted molar refractivity (Wildman–Crippen MR) is 63.0 cm³/mol. The highest BCUT2D eigenvalue weighted by atomic mass is 32.2. The summed E-state index contributed by atoms with van der Waals surface area (Å²) < 4.78 is 36.5. The fourth-order valence-electron chi connectivity index (χ4n) is 1.77. The van der Waals surface area contributed by atoms with E-state index in [9.17, 15) is 12.8 Å². The van der Waals surface area contributed by atoms with Gasteiger partial charge in [-0.05, 0) is 6.07 Å². The van der Waals surface area contributed by atoms with Crippen LogP contribution in [0.4, 0.5) is 10.2 Å². The van der Waals surface area contributed by atoms with Crippen LogP contribution in [0.25, 0.3) is 0 Å². The molecule has 1 aliphatic heterocycles. The lowest BCUT2D eigenvalue weighted by Crippen LogP contribution is -2.41. The van der Waals surface area contributed by atoms with Gasteiger partial charge in [0.2, 0.25) is 0 Å². The summed E-state index contributed by atoms with van der Waals surface area (Å²) in [6.07, 6.45) is 1.49. The van der Waals surface area contributed by atoms with Crippen LogP contribution in [0.3, 0.4) is 0 Å². The molecule has 2 N–H and O–H groups in total. The molecule has 1 fully saturated rings. The van der Waals surface area contributed by atoms with Crippen LogP contribution in [0, 0.1) is 5.82 Å². The van der Waals surface area contributed by atoms with Gasteiger partial charge in [0.05, 0.1) is 11.5 Å². The van der Waals surface area contributed by atoms with Gasteiger partial charge in [-0.1, -0.05) is 0 Å². The summed E-state index contributed by atoms with van der Waals surface area (Å²) in [6, 6.07) is 1.53. The number of nitrogens with zero attached hydrogens (tertiary/aromatic N) is 2. The molecule has 7 heteroatoms. The minimum absolute atomic E-state index is 0.0426. The number of nitrogens with two attached hydrogens (primary N) is 1. The van der Waals surface area contributed by atoms with Crippen molar-refractivity contribution in [3.8, 4) is 0 Å². The molecular weight excluding hydrogens is 245 g/mol. The molecule has 1 aromatic rings. The summed E-state index contributed by atoms with van der Waals surface area (Å²) in [5.41, 5.74) is 5.80. The lowest BCUT2D eigenvalue weighted by atomic mass is 10.2. The molecule has 0 amide bonds. The van der Waals surface area contributed by atoms with Crippen molar-refractivity contribution in [2.45, 2.75) is 6.54 Å². The maximum atomic E-state index is 13.9. The highest BCUT2D eigenvalue weighted by molar-refractivity contribution is 7.91. The number of hydrogen-bond acceptors (Lipinski definition) is 5. The molecule has 1 saturated heterocycles. The summed E-state index contributed by atoms with van der Waals surface area (Å²) >= 11 is 0. The van der Waals surface area contributed by atoms with Gasteiger partial charge in [0.15, 0.2) is 21.5 Å². The van der Waals surface area contributed by atoms with Gasteiger partial charge in [0, 0.05) is 31.4 Å². The van der Waals surface area contributed by atoms with E-state index in [1.165, 1.54) is 12.3 Å². The molecule has 0 atom stereocenters. The molecule has 0 radical (unpaired) electrons. The first-order valence-electron chi connectivity index (χ1n) is 5.32. The zero-order valence-corrected chi connectivity index (χ0v) is 10.1. The summed E-state index contributed by atoms with van der Waals surface area (Å²) in [7, 11) is -2.97. The van der Waals surface area contributed by atoms with Gasteiger partial charge in [0.1, 0.15) is 0 Å². The van der Waals surface area contributed by atoms with E-state index in [0.717, 1.165) is 0 Å². The topological polar surface area (TPSA) is 76.3 Å². The van der Waals surface area contributed by atoms with E-state index < -0.39 is 15.7 Å². The van der Waals surface area contributed by atoms with Crippen molar-refractivity contribution in [1.82, 2.24) is 4.98 Å². The third-order valence-electron chi connectivity index (χ3n) is 2.81. The smallest absolute Gasteiger partial charge is 0.170 e. The van der Waals surface area contributed by atoms with Crippen molar-refractivity contribution in [1.29, 1.82) is 0 Å². The second-order valence-electron chi connectivity index (χ2n) is 3.95. The molecule has 0 aromatic carbocycles. The Labute approximate surface area is 99.4 Å². The number of rotatable bonds is 2. The van der Waals surface area contributed by atoms with Gasteiger partial charge in [-0.3, -0.25) is 0 Å². The van der Waals surface area contributed by atoms with Gasteiger partial charge in [-0.15, -0.1) is 0 Å². The van der Waals surface area contributed by atoms with Crippen molar-refractivity contribution in [2.75, 3.05) is 29.5 Å². The van der Waals surface area contributed by atoms with E-state index in [2.05, 4.69) is 4.98 Å². The first-order valence-corrected chi connectivity index (χ1v) is 7.14. The van der Waals surface area contributed by atoms with E-state index in [1.807, 2.05) is 0 Å².